The second-order valence-electron chi connectivity index (χ2n) is 8.52. The number of anilines is 1. The van der Waals surface area contributed by atoms with Crippen LogP contribution in [0.5, 0.6) is 0 Å². The van der Waals surface area contributed by atoms with E-state index in [1.165, 1.54) is 21.3 Å². The number of carbonyl (C=O) groups is 1. The lowest BCUT2D eigenvalue weighted by Crippen LogP contribution is -2.22. The van der Waals surface area contributed by atoms with Crippen molar-refractivity contribution in [1.29, 1.82) is 0 Å². The zero-order valence-electron chi connectivity index (χ0n) is 20.1. The highest BCUT2D eigenvalue weighted by Gasteiger charge is 2.16. The second kappa shape index (κ2) is 11.5. The van der Waals surface area contributed by atoms with Crippen LogP contribution >= 0.6 is 0 Å². The van der Waals surface area contributed by atoms with Crippen molar-refractivity contribution in [3.63, 3.8) is 0 Å². The molecule has 1 atom stereocenters. The molecule has 1 unspecified atom stereocenters. The number of aromatic nitrogens is 1. The third-order valence-electron chi connectivity index (χ3n) is 6.03. The molecular weight excluding hydrogens is 442 g/mol. The van der Waals surface area contributed by atoms with E-state index >= 15 is 0 Å². The SMILES string of the molecule is CCC(C)C(=O)OCn1c(=O)oc2c(NCCNCc3cccc(-c4ccccc4)c3)cccc21. The zero-order chi connectivity index (χ0) is 24.6. The first-order valence-corrected chi connectivity index (χ1v) is 11.9. The van der Waals surface area contributed by atoms with Gasteiger partial charge in [-0.15, -0.1) is 0 Å². The van der Waals surface area contributed by atoms with Crippen molar-refractivity contribution < 1.29 is 13.9 Å². The molecule has 35 heavy (non-hydrogen) atoms. The Morgan fingerprint density at radius 3 is 2.57 bits per heavy atom. The molecule has 0 aliphatic heterocycles. The van der Waals surface area contributed by atoms with Crippen molar-refractivity contribution in [2.75, 3.05) is 18.4 Å². The van der Waals surface area contributed by atoms with E-state index in [0.717, 1.165) is 18.8 Å². The lowest BCUT2D eigenvalue weighted by atomic mass is 10.0. The van der Waals surface area contributed by atoms with Crippen molar-refractivity contribution in [2.24, 2.45) is 5.92 Å². The third-order valence-corrected chi connectivity index (χ3v) is 6.03. The first kappa shape index (κ1) is 24.3. The molecule has 2 N–H and O–H groups in total. The molecule has 0 spiro atoms. The molecule has 0 saturated heterocycles. The summed E-state index contributed by atoms with van der Waals surface area (Å²) in [4.78, 5) is 24.4. The maximum atomic E-state index is 12.4. The minimum Gasteiger partial charge on any atom is -0.443 e. The lowest BCUT2D eigenvalue weighted by Gasteiger charge is -2.10. The number of hydrogen-bond donors (Lipinski definition) is 2. The number of benzene rings is 3. The van der Waals surface area contributed by atoms with Crippen molar-refractivity contribution in [3.05, 3.63) is 88.9 Å². The van der Waals surface area contributed by atoms with Gasteiger partial charge < -0.3 is 19.8 Å². The van der Waals surface area contributed by atoms with E-state index in [0.29, 0.717) is 24.1 Å². The van der Waals surface area contributed by atoms with Gasteiger partial charge in [-0.3, -0.25) is 4.79 Å². The molecule has 1 aromatic heterocycles. The van der Waals surface area contributed by atoms with Crippen molar-refractivity contribution in [3.8, 4) is 11.1 Å². The first-order valence-electron chi connectivity index (χ1n) is 11.9. The van der Waals surface area contributed by atoms with Gasteiger partial charge in [0.15, 0.2) is 12.3 Å². The summed E-state index contributed by atoms with van der Waals surface area (Å²) >= 11 is 0. The molecule has 1 heterocycles. The van der Waals surface area contributed by atoms with Crippen LogP contribution in [0.4, 0.5) is 5.69 Å². The fourth-order valence-electron chi connectivity index (χ4n) is 3.79. The van der Waals surface area contributed by atoms with E-state index in [-0.39, 0.29) is 18.6 Å². The molecule has 3 aromatic carbocycles. The molecule has 0 aliphatic rings. The summed E-state index contributed by atoms with van der Waals surface area (Å²) in [5, 5.41) is 6.77. The summed E-state index contributed by atoms with van der Waals surface area (Å²) in [5.74, 6) is -1.10. The summed E-state index contributed by atoms with van der Waals surface area (Å²) < 4.78 is 12.1. The Kier molecular flexibility index (Phi) is 8.00. The van der Waals surface area contributed by atoms with Gasteiger partial charge in [0.1, 0.15) is 0 Å². The number of oxazole rings is 1. The molecular formula is C28H31N3O4. The largest absolute Gasteiger partial charge is 0.443 e. The molecule has 0 aliphatic carbocycles. The Morgan fingerprint density at radius 1 is 1.00 bits per heavy atom. The van der Waals surface area contributed by atoms with Gasteiger partial charge in [-0.1, -0.05) is 68.4 Å². The number of ether oxygens (including phenoxy) is 1. The fraction of sp³-hybridized carbons (Fsp3) is 0.286. The van der Waals surface area contributed by atoms with E-state index in [1.807, 2.05) is 37.3 Å². The van der Waals surface area contributed by atoms with Gasteiger partial charge in [0.2, 0.25) is 0 Å². The van der Waals surface area contributed by atoms with Crippen molar-refractivity contribution >= 4 is 22.8 Å². The van der Waals surface area contributed by atoms with Crippen LogP contribution in [0.15, 0.2) is 82.0 Å². The maximum Gasteiger partial charge on any atom is 0.422 e. The smallest absolute Gasteiger partial charge is 0.422 e. The van der Waals surface area contributed by atoms with Gasteiger partial charge in [0.25, 0.3) is 0 Å². The first-order chi connectivity index (χ1) is 17.1. The fourth-order valence-corrected chi connectivity index (χ4v) is 3.79. The Hall–Kier alpha value is -3.84. The Morgan fingerprint density at radius 2 is 1.77 bits per heavy atom. The van der Waals surface area contributed by atoms with E-state index in [9.17, 15) is 9.59 Å². The Labute approximate surface area is 204 Å². The molecule has 182 valence electrons. The minimum absolute atomic E-state index is 0.165. The molecule has 7 heteroatoms. The second-order valence-corrected chi connectivity index (χ2v) is 8.52. The summed E-state index contributed by atoms with van der Waals surface area (Å²) in [5.41, 5.74) is 5.37. The van der Waals surface area contributed by atoms with Gasteiger partial charge in [-0.2, -0.15) is 0 Å². The van der Waals surface area contributed by atoms with Crippen molar-refractivity contribution in [1.82, 2.24) is 9.88 Å². The average Bonchev–Trinajstić information content (AvgIpc) is 3.22. The van der Waals surface area contributed by atoms with Gasteiger partial charge in [-0.05, 0) is 41.3 Å². The van der Waals surface area contributed by atoms with Gasteiger partial charge >= 0.3 is 11.7 Å². The summed E-state index contributed by atoms with van der Waals surface area (Å²) in [7, 11) is 0. The highest BCUT2D eigenvalue weighted by molar-refractivity contribution is 5.86. The summed E-state index contributed by atoms with van der Waals surface area (Å²) in [6, 6.07) is 24.3. The van der Waals surface area contributed by atoms with Crippen LogP contribution in [0.25, 0.3) is 22.2 Å². The summed E-state index contributed by atoms with van der Waals surface area (Å²) in [6.45, 7) is 5.68. The molecule has 0 fully saturated rings. The van der Waals surface area contributed by atoms with Gasteiger partial charge in [0, 0.05) is 19.6 Å². The molecule has 7 nitrogen and oxygen atoms in total. The van der Waals surface area contributed by atoms with Crippen LogP contribution in [0.1, 0.15) is 25.8 Å². The number of nitrogens with one attached hydrogen (secondary N) is 2. The van der Waals surface area contributed by atoms with E-state index in [4.69, 9.17) is 9.15 Å². The van der Waals surface area contributed by atoms with E-state index in [1.54, 1.807) is 13.0 Å². The highest BCUT2D eigenvalue weighted by atomic mass is 16.5. The monoisotopic (exact) mass is 473 g/mol. The molecule has 4 aromatic rings. The number of rotatable bonds is 11. The number of fused-ring (bicyclic) bond motifs is 1. The molecule has 0 bridgehead atoms. The number of hydrogen-bond acceptors (Lipinski definition) is 6. The molecule has 4 rings (SSSR count). The minimum atomic E-state index is -0.553. The predicted molar refractivity (Wildman–Crippen MR) is 138 cm³/mol. The topological polar surface area (TPSA) is 85.5 Å². The van der Waals surface area contributed by atoms with Crippen molar-refractivity contribution in [2.45, 2.75) is 33.5 Å². The van der Waals surface area contributed by atoms with Gasteiger partial charge in [-0.25, -0.2) is 9.36 Å². The number of carbonyl (C=O) groups excluding carboxylic acids is 1. The Bertz CT molecular complexity index is 1330. The maximum absolute atomic E-state index is 12.4. The Balaban J connectivity index is 1.32. The van der Waals surface area contributed by atoms with E-state index in [2.05, 4.69) is 47.0 Å². The number of esters is 1. The third kappa shape index (κ3) is 6.00. The quantitative estimate of drug-likeness (QED) is 0.235. The standard InChI is InChI=1S/C28H31N3O4/c1-3-20(2)27(32)34-19-31-25-14-8-13-24(26(25)35-28(31)33)30-16-15-29-18-21-9-7-12-23(17-21)22-10-5-4-6-11-22/h4-14,17,20,29-30H,3,15-16,18-19H2,1-2H3. The van der Waals surface area contributed by atoms with Gasteiger partial charge in [0.05, 0.1) is 17.1 Å². The molecule has 0 radical (unpaired) electrons. The highest BCUT2D eigenvalue weighted by Crippen LogP contribution is 2.23. The lowest BCUT2D eigenvalue weighted by molar-refractivity contribution is -0.151. The van der Waals surface area contributed by atoms with Crippen LogP contribution < -0.4 is 16.4 Å². The molecule has 0 amide bonds. The predicted octanol–water partition coefficient (Wildman–Crippen LogP) is 5.01. The van der Waals surface area contributed by atoms with Crippen LogP contribution in [0.2, 0.25) is 0 Å². The zero-order valence-corrected chi connectivity index (χ0v) is 20.1. The van der Waals surface area contributed by atoms with Crippen LogP contribution in [0.3, 0.4) is 0 Å². The number of para-hydroxylation sites is 1. The van der Waals surface area contributed by atoms with Crippen LogP contribution in [0, 0.1) is 5.92 Å². The van der Waals surface area contributed by atoms with Crippen LogP contribution in [-0.2, 0) is 22.8 Å². The number of nitrogens with zero attached hydrogens (tertiary/aromatic N) is 1. The van der Waals surface area contributed by atoms with Crippen LogP contribution in [-0.4, -0.2) is 23.6 Å². The normalized spacial score (nSPS) is 11.9. The summed E-state index contributed by atoms with van der Waals surface area (Å²) in [6.07, 6.45) is 0.681. The average molecular weight is 474 g/mol. The molecule has 0 saturated carbocycles. The van der Waals surface area contributed by atoms with E-state index < -0.39 is 5.76 Å².